The maximum atomic E-state index is 6.23. The quantitative estimate of drug-likeness (QED) is 0.433. The first-order chi connectivity index (χ1) is 10.2. The molecule has 120 valence electrons. The van der Waals surface area contributed by atoms with E-state index in [0.29, 0.717) is 17.5 Å². The first-order valence-corrected chi connectivity index (χ1v) is 8.42. The third kappa shape index (κ3) is 3.62. The number of guanidine groups is 1. The van der Waals surface area contributed by atoms with E-state index in [1.165, 1.54) is 0 Å². The molecule has 1 aliphatic heterocycles. The van der Waals surface area contributed by atoms with E-state index in [1.807, 2.05) is 41.6 Å². The summed E-state index contributed by atoms with van der Waals surface area (Å²) in [6.45, 7) is 2.40. The zero-order chi connectivity index (χ0) is 14.8. The molecule has 0 aliphatic carbocycles. The van der Waals surface area contributed by atoms with Crippen LogP contribution < -0.4 is 5.73 Å². The Morgan fingerprint density at radius 3 is 2.82 bits per heavy atom. The van der Waals surface area contributed by atoms with E-state index in [0.717, 1.165) is 41.5 Å². The van der Waals surface area contributed by atoms with Gasteiger partial charge in [0.25, 0.3) is 0 Å². The Hall–Kier alpha value is -0.670. The van der Waals surface area contributed by atoms with Crippen LogP contribution in [-0.2, 0) is 13.6 Å². The predicted molar refractivity (Wildman–Crippen MR) is 105 cm³/mol. The number of hydrogen-bond donors (Lipinski definition) is 1. The van der Waals surface area contributed by atoms with Gasteiger partial charge in [-0.15, -0.1) is 24.0 Å². The first-order valence-electron chi connectivity index (χ1n) is 6.89. The summed E-state index contributed by atoms with van der Waals surface area (Å²) in [6, 6.07) is 5.74. The zero-order valence-corrected chi connectivity index (χ0v) is 16.2. The molecule has 2 aromatic rings. The number of benzene rings is 1. The molecule has 1 aliphatic rings. The fraction of sp³-hybridized carbons (Fsp3) is 0.429. The summed E-state index contributed by atoms with van der Waals surface area (Å²) in [6.07, 6.45) is 0. The molecule has 0 unspecified atom stereocenters. The summed E-state index contributed by atoms with van der Waals surface area (Å²) in [7, 11) is 1.96. The van der Waals surface area contributed by atoms with Crippen molar-refractivity contribution in [1.29, 1.82) is 0 Å². The number of para-hydroxylation sites is 1. The average Bonchev–Trinajstić information content (AvgIpc) is 2.83. The van der Waals surface area contributed by atoms with Crippen molar-refractivity contribution in [2.75, 3.05) is 24.6 Å². The van der Waals surface area contributed by atoms with Gasteiger partial charge in [0, 0.05) is 31.6 Å². The van der Waals surface area contributed by atoms with Gasteiger partial charge in [-0.05, 0) is 12.1 Å². The highest BCUT2D eigenvalue weighted by molar-refractivity contribution is 14.0. The largest absolute Gasteiger partial charge is 0.370 e. The molecule has 0 spiro atoms. The van der Waals surface area contributed by atoms with Crippen LogP contribution in [0, 0.1) is 0 Å². The number of hydrogen-bond acceptors (Lipinski definition) is 3. The molecule has 1 saturated heterocycles. The second-order valence-corrected chi connectivity index (χ2v) is 6.60. The van der Waals surface area contributed by atoms with Gasteiger partial charge in [0.2, 0.25) is 0 Å². The van der Waals surface area contributed by atoms with E-state index in [-0.39, 0.29) is 24.0 Å². The Morgan fingerprint density at radius 1 is 1.41 bits per heavy atom. The van der Waals surface area contributed by atoms with Gasteiger partial charge in [0.05, 0.1) is 16.1 Å². The van der Waals surface area contributed by atoms with Crippen molar-refractivity contribution in [3.8, 4) is 0 Å². The van der Waals surface area contributed by atoms with Crippen LogP contribution in [0.5, 0.6) is 0 Å². The van der Waals surface area contributed by atoms with Gasteiger partial charge < -0.3 is 15.2 Å². The zero-order valence-electron chi connectivity index (χ0n) is 12.3. The average molecular weight is 452 g/mol. The molecule has 0 radical (unpaired) electrons. The van der Waals surface area contributed by atoms with Crippen LogP contribution >= 0.6 is 47.3 Å². The molecule has 1 aromatic heterocycles. The Bertz CT molecular complexity index is 681. The van der Waals surface area contributed by atoms with Crippen LogP contribution in [-0.4, -0.2) is 45.0 Å². The summed E-state index contributed by atoms with van der Waals surface area (Å²) in [4.78, 5) is 11.2. The minimum absolute atomic E-state index is 0. The number of nitrogens with two attached hydrogens (primary N) is 1. The molecule has 5 nitrogen and oxygen atoms in total. The van der Waals surface area contributed by atoms with Crippen molar-refractivity contribution in [3.63, 3.8) is 0 Å². The highest BCUT2D eigenvalue weighted by atomic mass is 127. The molecule has 0 amide bonds. The van der Waals surface area contributed by atoms with Gasteiger partial charge in [-0.3, -0.25) is 0 Å². The fourth-order valence-corrected chi connectivity index (χ4v) is 3.65. The molecule has 8 heteroatoms. The minimum atomic E-state index is 0. The highest BCUT2D eigenvalue weighted by Crippen LogP contribution is 2.23. The van der Waals surface area contributed by atoms with Crippen LogP contribution in [0.4, 0.5) is 0 Å². The monoisotopic (exact) mass is 451 g/mol. The first kappa shape index (κ1) is 17.7. The van der Waals surface area contributed by atoms with Crippen molar-refractivity contribution in [3.05, 3.63) is 29.0 Å². The number of rotatable bonds is 2. The number of halogens is 2. The number of aryl methyl sites for hydroxylation is 1. The van der Waals surface area contributed by atoms with E-state index >= 15 is 0 Å². The normalized spacial score (nSPS) is 15.9. The van der Waals surface area contributed by atoms with E-state index in [2.05, 4.69) is 14.9 Å². The molecule has 1 fully saturated rings. The summed E-state index contributed by atoms with van der Waals surface area (Å²) < 4.78 is 1.99. The maximum Gasteiger partial charge on any atom is 0.191 e. The molecule has 2 heterocycles. The summed E-state index contributed by atoms with van der Waals surface area (Å²) >= 11 is 8.18. The second-order valence-electron chi connectivity index (χ2n) is 4.97. The molecule has 1 aromatic carbocycles. The van der Waals surface area contributed by atoms with Crippen LogP contribution in [0.15, 0.2) is 23.2 Å². The topological polar surface area (TPSA) is 59.4 Å². The molecule has 0 saturated carbocycles. The Labute approximate surface area is 156 Å². The summed E-state index contributed by atoms with van der Waals surface area (Å²) in [5, 5.41) is 0.707. The number of imidazole rings is 1. The summed E-state index contributed by atoms with van der Waals surface area (Å²) in [5.74, 6) is 3.69. The number of fused-ring (bicyclic) bond motifs is 1. The Morgan fingerprint density at radius 2 is 2.14 bits per heavy atom. The van der Waals surface area contributed by atoms with E-state index in [9.17, 15) is 0 Å². The van der Waals surface area contributed by atoms with E-state index < -0.39 is 0 Å². The predicted octanol–water partition coefficient (Wildman–Crippen LogP) is 2.71. The van der Waals surface area contributed by atoms with Gasteiger partial charge in [-0.1, -0.05) is 17.7 Å². The second kappa shape index (κ2) is 7.74. The molecule has 22 heavy (non-hydrogen) atoms. The van der Waals surface area contributed by atoms with Crippen LogP contribution in [0.2, 0.25) is 5.02 Å². The highest BCUT2D eigenvalue weighted by Gasteiger charge is 2.13. The Balaban J connectivity index is 0.00000176. The van der Waals surface area contributed by atoms with Crippen molar-refractivity contribution < 1.29 is 0 Å². The number of aromatic nitrogens is 2. The number of thioether (sulfide) groups is 1. The maximum absolute atomic E-state index is 6.23. The summed E-state index contributed by atoms with van der Waals surface area (Å²) in [5.41, 5.74) is 7.91. The van der Waals surface area contributed by atoms with Gasteiger partial charge in [-0.25, -0.2) is 9.98 Å². The smallest absolute Gasteiger partial charge is 0.191 e. The van der Waals surface area contributed by atoms with Crippen LogP contribution in [0.3, 0.4) is 0 Å². The lowest BCUT2D eigenvalue weighted by Gasteiger charge is -2.27. The van der Waals surface area contributed by atoms with Gasteiger partial charge >= 0.3 is 0 Å². The van der Waals surface area contributed by atoms with Crippen LogP contribution in [0.1, 0.15) is 5.82 Å². The molecule has 0 atom stereocenters. The standard InChI is InChI=1S/C14H18ClN5S.HI/c1-19-12(18-11-4-2-3-10(15)13(11)19)9-17-14(16)20-5-7-21-8-6-20;/h2-4H,5-9H2,1H3,(H2,16,17);1H. The van der Waals surface area contributed by atoms with Crippen molar-refractivity contribution in [2.24, 2.45) is 17.8 Å². The Kier molecular flexibility index (Phi) is 6.22. The number of aliphatic imine (C=N–C) groups is 1. The number of nitrogens with zero attached hydrogens (tertiary/aromatic N) is 4. The van der Waals surface area contributed by atoms with Gasteiger partial charge in [0.15, 0.2) is 5.96 Å². The minimum Gasteiger partial charge on any atom is -0.370 e. The third-order valence-electron chi connectivity index (χ3n) is 3.66. The SMILES string of the molecule is Cn1c(CN=C(N)N2CCSCC2)nc2cccc(Cl)c21.I. The van der Waals surface area contributed by atoms with Crippen LogP contribution in [0.25, 0.3) is 11.0 Å². The molecular weight excluding hydrogens is 433 g/mol. The third-order valence-corrected chi connectivity index (χ3v) is 4.90. The van der Waals surface area contributed by atoms with Gasteiger partial charge in [-0.2, -0.15) is 11.8 Å². The van der Waals surface area contributed by atoms with E-state index in [4.69, 9.17) is 17.3 Å². The lowest BCUT2D eigenvalue weighted by molar-refractivity contribution is 0.455. The molecular formula is C14H19ClIN5S. The molecule has 0 bridgehead atoms. The lowest BCUT2D eigenvalue weighted by Crippen LogP contribution is -2.42. The molecule has 3 rings (SSSR count). The fourth-order valence-electron chi connectivity index (χ4n) is 2.45. The van der Waals surface area contributed by atoms with Gasteiger partial charge in [0.1, 0.15) is 12.4 Å². The van der Waals surface area contributed by atoms with Crippen molar-refractivity contribution in [1.82, 2.24) is 14.5 Å². The van der Waals surface area contributed by atoms with Crippen molar-refractivity contribution >= 4 is 64.3 Å². The van der Waals surface area contributed by atoms with Crippen molar-refractivity contribution in [2.45, 2.75) is 6.54 Å². The van der Waals surface area contributed by atoms with E-state index in [1.54, 1.807) is 0 Å². The lowest BCUT2D eigenvalue weighted by atomic mass is 10.3. The molecule has 2 N–H and O–H groups in total.